The molecule has 1 fully saturated rings. The van der Waals surface area contributed by atoms with Crippen LogP contribution in [0.25, 0.3) is 22.3 Å². The zero-order valence-corrected chi connectivity index (χ0v) is 22.9. The van der Waals surface area contributed by atoms with Crippen molar-refractivity contribution in [1.82, 2.24) is 29.6 Å². The maximum atomic E-state index is 13.0. The molecule has 5 rings (SSSR count). The van der Waals surface area contributed by atoms with Gasteiger partial charge in [-0.1, -0.05) is 26.8 Å². The lowest BCUT2D eigenvalue weighted by Crippen LogP contribution is -2.32. The molecule has 1 amide bonds. The largest absolute Gasteiger partial charge is 0.383 e. The summed E-state index contributed by atoms with van der Waals surface area (Å²) in [5, 5.41) is 11.1. The number of likely N-dealkylation sites (tertiary alicyclic amines) is 1. The summed E-state index contributed by atoms with van der Waals surface area (Å²) >= 11 is 1.36. The smallest absolute Gasteiger partial charge is 0.284 e. The maximum absolute atomic E-state index is 13.0. The van der Waals surface area contributed by atoms with Crippen LogP contribution < -0.4 is 11.1 Å². The van der Waals surface area contributed by atoms with E-state index in [9.17, 15) is 4.79 Å². The highest BCUT2D eigenvalue weighted by molar-refractivity contribution is 7.11. The molecule has 0 unspecified atom stereocenters. The van der Waals surface area contributed by atoms with Gasteiger partial charge in [-0.3, -0.25) is 4.79 Å². The molecule has 9 nitrogen and oxygen atoms in total. The molecular formula is C27H34N8OS. The highest BCUT2D eigenvalue weighted by Gasteiger charge is 2.24. The number of thiazole rings is 1. The van der Waals surface area contributed by atoms with Crippen LogP contribution in [-0.4, -0.2) is 55.7 Å². The minimum absolute atomic E-state index is 0.110. The Labute approximate surface area is 221 Å². The van der Waals surface area contributed by atoms with Crippen molar-refractivity contribution in [2.75, 3.05) is 31.2 Å². The van der Waals surface area contributed by atoms with Gasteiger partial charge in [-0.15, -0.1) is 11.3 Å². The summed E-state index contributed by atoms with van der Waals surface area (Å²) in [4.78, 5) is 28.7. The average molecular weight is 519 g/mol. The first-order valence-corrected chi connectivity index (χ1v) is 13.5. The second-order valence-corrected chi connectivity index (χ2v) is 11.9. The third-order valence-corrected chi connectivity index (χ3v) is 7.89. The lowest BCUT2D eigenvalue weighted by molar-refractivity contribution is 0.102. The summed E-state index contributed by atoms with van der Waals surface area (Å²) in [6.45, 7) is 11.2. The molecule has 3 aromatic heterocycles. The SMILES string of the molecule is Cc1ccc(NC(=O)c2nc(C(C)(C)C)cs2)cc1-c1nn(CC2CCN(C)CC2)c2ncnc(N)c12. The van der Waals surface area contributed by atoms with Crippen molar-refractivity contribution in [3.05, 3.63) is 46.2 Å². The third kappa shape index (κ3) is 5.21. The number of hydrogen-bond donors (Lipinski definition) is 2. The van der Waals surface area contributed by atoms with Crippen LogP contribution in [0.15, 0.2) is 29.9 Å². The van der Waals surface area contributed by atoms with Gasteiger partial charge < -0.3 is 16.0 Å². The summed E-state index contributed by atoms with van der Waals surface area (Å²) in [6, 6.07) is 5.82. The molecule has 0 atom stereocenters. The number of aryl methyl sites for hydroxylation is 1. The Balaban J connectivity index is 1.47. The van der Waals surface area contributed by atoms with Crippen LogP contribution in [0.1, 0.15) is 54.7 Å². The van der Waals surface area contributed by atoms with Crippen LogP contribution in [0.5, 0.6) is 0 Å². The van der Waals surface area contributed by atoms with Gasteiger partial charge in [0.1, 0.15) is 17.8 Å². The van der Waals surface area contributed by atoms with E-state index < -0.39 is 0 Å². The molecule has 1 aromatic carbocycles. The molecule has 4 aromatic rings. The van der Waals surface area contributed by atoms with Gasteiger partial charge in [-0.25, -0.2) is 19.6 Å². The van der Waals surface area contributed by atoms with Crippen LogP contribution in [0, 0.1) is 12.8 Å². The van der Waals surface area contributed by atoms with Crippen molar-refractivity contribution in [3.63, 3.8) is 0 Å². The first-order chi connectivity index (χ1) is 17.6. The zero-order valence-electron chi connectivity index (χ0n) is 22.1. The second-order valence-electron chi connectivity index (χ2n) is 11.0. The minimum atomic E-state index is -0.226. The molecule has 194 valence electrons. The number of nitrogens with two attached hydrogens (primary N) is 1. The van der Waals surface area contributed by atoms with E-state index >= 15 is 0 Å². The summed E-state index contributed by atoms with van der Waals surface area (Å²) in [7, 11) is 2.16. The summed E-state index contributed by atoms with van der Waals surface area (Å²) < 4.78 is 1.98. The van der Waals surface area contributed by atoms with E-state index in [1.54, 1.807) is 0 Å². The molecule has 4 heterocycles. The Hall–Kier alpha value is -3.37. The van der Waals surface area contributed by atoms with Gasteiger partial charge in [0.15, 0.2) is 10.7 Å². The molecular weight excluding hydrogens is 484 g/mol. The zero-order chi connectivity index (χ0) is 26.3. The molecule has 1 aliphatic heterocycles. The fourth-order valence-corrected chi connectivity index (χ4v) is 5.64. The van der Waals surface area contributed by atoms with E-state index in [2.05, 4.69) is 53.0 Å². The van der Waals surface area contributed by atoms with Crippen LogP contribution in [-0.2, 0) is 12.0 Å². The van der Waals surface area contributed by atoms with Gasteiger partial charge in [0.05, 0.1) is 11.1 Å². The van der Waals surface area contributed by atoms with Crippen molar-refractivity contribution in [2.45, 2.75) is 52.5 Å². The number of fused-ring (bicyclic) bond motifs is 1. The highest BCUT2D eigenvalue weighted by Crippen LogP contribution is 2.34. The molecule has 10 heteroatoms. The predicted octanol–water partition coefficient (Wildman–Crippen LogP) is 4.73. The van der Waals surface area contributed by atoms with Crippen LogP contribution in [0.2, 0.25) is 0 Å². The molecule has 0 bridgehead atoms. The topological polar surface area (TPSA) is 115 Å². The van der Waals surface area contributed by atoms with Crippen molar-refractivity contribution < 1.29 is 4.79 Å². The number of nitrogens with one attached hydrogen (secondary N) is 1. The lowest BCUT2D eigenvalue weighted by atomic mass is 9.93. The fraction of sp³-hybridized carbons (Fsp3) is 0.444. The third-order valence-electron chi connectivity index (χ3n) is 7.05. The minimum Gasteiger partial charge on any atom is -0.383 e. The number of amides is 1. The lowest BCUT2D eigenvalue weighted by Gasteiger charge is -2.28. The molecule has 1 aliphatic rings. The normalized spacial score (nSPS) is 15.4. The second kappa shape index (κ2) is 9.83. The Morgan fingerprint density at radius 2 is 1.97 bits per heavy atom. The number of benzene rings is 1. The van der Waals surface area contributed by atoms with E-state index in [1.165, 1.54) is 17.7 Å². The molecule has 0 saturated carbocycles. The van der Waals surface area contributed by atoms with Gasteiger partial charge in [0.2, 0.25) is 0 Å². The van der Waals surface area contributed by atoms with Gasteiger partial charge in [-0.2, -0.15) is 5.10 Å². The number of rotatable bonds is 5. The molecule has 0 spiro atoms. The number of nitrogen functional groups attached to an aromatic ring is 1. The standard InChI is InChI=1S/C27H34N8OS/c1-16-6-7-18(31-25(36)26-32-20(14-37-26)27(2,3)4)12-19(16)22-21-23(28)29-15-30-24(21)35(33-22)13-17-8-10-34(5)11-9-17/h6-7,12,14-15,17H,8-11,13H2,1-5H3,(H,31,36)(H2,28,29,30). The first kappa shape index (κ1) is 25.3. The number of piperidine rings is 1. The van der Waals surface area contributed by atoms with Gasteiger partial charge in [-0.05, 0) is 63.5 Å². The number of carbonyl (C=O) groups is 1. The Bertz CT molecular complexity index is 1440. The van der Waals surface area contributed by atoms with Crippen molar-refractivity contribution in [1.29, 1.82) is 0 Å². The molecule has 37 heavy (non-hydrogen) atoms. The number of nitrogens with zero attached hydrogens (tertiary/aromatic N) is 6. The molecule has 0 radical (unpaired) electrons. The number of aromatic nitrogens is 5. The predicted molar refractivity (Wildman–Crippen MR) is 149 cm³/mol. The highest BCUT2D eigenvalue weighted by atomic mass is 32.1. The Morgan fingerprint density at radius 1 is 1.22 bits per heavy atom. The van der Waals surface area contributed by atoms with Crippen LogP contribution >= 0.6 is 11.3 Å². The number of anilines is 2. The molecule has 1 saturated heterocycles. The van der Waals surface area contributed by atoms with Gasteiger partial charge >= 0.3 is 0 Å². The van der Waals surface area contributed by atoms with Crippen LogP contribution in [0.3, 0.4) is 0 Å². The van der Waals surface area contributed by atoms with E-state index in [4.69, 9.17) is 10.8 Å². The monoisotopic (exact) mass is 518 g/mol. The number of carbonyl (C=O) groups excluding carboxylic acids is 1. The number of hydrogen-bond acceptors (Lipinski definition) is 8. The van der Waals surface area contributed by atoms with E-state index in [-0.39, 0.29) is 11.3 Å². The average Bonchev–Trinajstić information content (AvgIpc) is 3.49. The van der Waals surface area contributed by atoms with E-state index in [0.717, 1.165) is 66.0 Å². The fourth-order valence-electron chi connectivity index (χ4n) is 4.70. The molecule has 0 aliphatic carbocycles. The van der Waals surface area contributed by atoms with Gasteiger partial charge in [0.25, 0.3) is 5.91 Å². The van der Waals surface area contributed by atoms with E-state index in [0.29, 0.717) is 22.4 Å². The summed E-state index contributed by atoms with van der Waals surface area (Å²) in [6.07, 6.45) is 3.75. The van der Waals surface area contributed by atoms with Crippen LogP contribution in [0.4, 0.5) is 11.5 Å². The first-order valence-electron chi connectivity index (χ1n) is 12.6. The Kier molecular flexibility index (Phi) is 6.72. The Morgan fingerprint density at radius 3 is 2.68 bits per heavy atom. The van der Waals surface area contributed by atoms with Crippen molar-refractivity contribution in [2.24, 2.45) is 5.92 Å². The van der Waals surface area contributed by atoms with E-state index in [1.807, 2.05) is 35.2 Å². The van der Waals surface area contributed by atoms with Gasteiger partial charge in [0, 0.05) is 28.6 Å². The maximum Gasteiger partial charge on any atom is 0.284 e. The summed E-state index contributed by atoms with van der Waals surface area (Å²) in [5.41, 5.74) is 11.2. The molecule has 3 N–H and O–H groups in total. The van der Waals surface area contributed by atoms with Crippen molar-refractivity contribution in [3.8, 4) is 11.3 Å². The van der Waals surface area contributed by atoms with Crippen molar-refractivity contribution >= 4 is 39.8 Å². The quantitative estimate of drug-likeness (QED) is 0.392. The summed E-state index contributed by atoms with van der Waals surface area (Å²) in [5.74, 6) is 0.711.